The van der Waals surface area contributed by atoms with Crippen LogP contribution in [0.15, 0.2) is 29.0 Å². The highest BCUT2D eigenvalue weighted by atomic mass is 16.5. The Balaban J connectivity index is 2.08. The standard InChI is InChI=1S/C11H11N5O2/c1-17-8-5-7(6-16-4-2-3-13-16)14-11-9(8)10(12)15-18-11/h2-5H,6H2,1H3,(H2,12,15). The van der Waals surface area contributed by atoms with Crippen LogP contribution < -0.4 is 10.5 Å². The average Bonchev–Trinajstić information content (AvgIpc) is 2.99. The zero-order chi connectivity index (χ0) is 12.5. The summed E-state index contributed by atoms with van der Waals surface area (Å²) in [6.07, 6.45) is 3.56. The van der Waals surface area contributed by atoms with Gasteiger partial charge in [0.25, 0.3) is 5.71 Å². The number of rotatable bonds is 3. The number of methoxy groups -OCH3 is 1. The fourth-order valence-corrected chi connectivity index (χ4v) is 1.79. The number of anilines is 1. The number of fused-ring (bicyclic) bond motifs is 1. The fraction of sp³-hybridized carbons (Fsp3) is 0.182. The lowest BCUT2D eigenvalue weighted by atomic mass is 10.2. The van der Waals surface area contributed by atoms with E-state index in [-0.39, 0.29) is 5.82 Å². The summed E-state index contributed by atoms with van der Waals surface area (Å²) in [5, 5.41) is 8.40. The minimum atomic E-state index is 0.278. The molecule has 0 saturated carbocycles. The van der Waals surface area contributed by atoms with E-state index < -0.39 is 0 Å². The van der Waals surface area contributed by atoms with Gasteiger partial charge in [-0.1, -0.05) is 5.16 Å². The van der Waals surface area contributed by atoms with Crippen LogP contribution in [0.4, 0.5) is 5.82 Å². The number of nitrogen functional groups attached to an aromatic ring is 1. The van der Waals surface area contributed by atoms with Crippen molar-refractivity contribution in [2.75, 3.05) is 12.8 Å². The van der Waals surface area contributed by atoms with Crippen molar-refractivity contribution in [3.05, 3.63) is 30.2 Å². The Morgan fingerprint density at radius 2 is 2.39 bits per heavy atom. The first kappa shape index (κ1) is 10.6. The number of aromatic nitrogens is 4. The third-order valence-electron chi connectivity index (χ3n) is 2.59. The number of nitrogens with zero attached hydrogens (tertiary/aromatic N) is 4. The van der Waals surface area contributed by atoms with Crippen LogP contribution >= 0.6 is 0 Å². The fourth-order valence-electron chi connectivity index (χ4n) is 1.79. The predicted molar refractivity (Wildman–Crippen MR) is 64.1 cm³/mol. The molecule has 7 nitrogen and oxygen atoms in total. The van der Waals surface area contributed by atoms with Crippen LogP contribution in [0.2, 0.25) is 0 Å². The Labute approximate surface area is 102 Å². The summed E-state index contributed by atoms with van der Waals surface area (Å²) in [6.45, 7) is 0.528. The van der Waals surface area contributed by atoms with Gasteiger partial charge in [-0.15, -0.1) is 0 Å². The molecule has 0 aliphatic carbocycles. The molecule has 2 N–H and O–H groups in total. The molecule has 3 heterocycles. The van der Waals surface area contributed by atoms with Crippen molar-refractivity contribution in [2.24, 2.45) is 0 Å². The van der Waals surface area contributed by atoms with Crippen LogP contribution in [0, 0.1) is 0 Å². The summed E-state index contributed by atoms with van der Waals surface area (Å²) >= 11 is 0. The van der Waals surface area contributed by atoms with Crippen molar-refractivity contribution in [2.45, 2.75) is 6.54 Å². The Morgan fingerprint density at radius 3 is 3.11 bits per heavy atom. The maximum absolute atomic E-state index is 5.70. The lowest BCUT2D eigenvalue weighted by molar-refractivity contribution is 0.417. The smallest absolute Gasteiger partial charge is 0.264 e. The van der Waals surface area contributed by atoms with E-state index in [9.17, 15) is 0 Å². The normalized spacial score (nSPS) is 10.9. The zero-order valence-corrected chi connectivity index (χ0v) is 9.70. The maximum Gasteiger partial charge on any atom is 0.264 e. The third kappa shape index (κ3) is 1.65. The summed E-state index contributed by atoms with van der Waals surface area (Å²) in [6, 6.07) is 3.65. The topological polar surface area (TPSA) is 92.0 Å². The summed E-state index contributed by atoms with van der Waals surface area (Å²) in [7, 11) is 1.57. The highest BCUT2D eigenvalue weighted by molar-refractivity contribution is 5.90. The van der Waals surface area contributed by atoms with Gasteiger partial charge in [-0.3, -0.25) is 4.68 Å². The molecule has 0 unspecified atom stereocenters. The largest absolute Gasteiger partial charge is 0.496 e. The third-order valence-corrected chi connectivity index (χ3v) is 2.59. The Kier molecular flexibility index (Phi) is 2.36. The Hall–Kier alpha value is -2.57. The van der Waals surface area contributed by atoms with Crippen LogP contribution in [0.3, 0.4) is 0 Å². The summed E-state index contributed by atoms with van der Waals surface area (Å²) in [5.41, 5.74) is 6.83. The molecular weight excluding hydrogens is 234 g/mol. The number of ether oxygens (including phenoxy) is 1. The Bertz CT molecular complexity index is 674. The van der Waals surface area contributed by atoms with Gasteiger partial charge in [0.15, 0.2) is 5.82 Å². The number of nitrogens with two attached hydrogens (primary N) is 1. The van der Waals surface area contributed by atoms with Gasteiger partial charge in [0, 0.05) is 18.5 Å². The molecule has 3 aromatic rings. The minimum absolute atomic E-state index is 0.278. The zero-order valence-electron chi connectivity index (χ0n) is 9.70. The second-order valence-electron chi connectivity index (χ2n) is 3.77. The van der Waals surface area contributed by atoms with E-state index in [1.165, 1.54) is 0 Å². The van der Waals surface area contributed by atoms with E-state index in [2.05, 4.69) is 15.2 Å². The van der Waals surface area contributed by atoms with Crippen LogP contribution in [0.25, 0.3) is 11.1 Å². The molecule has 0 fully saturated rings. The van der Waals surface area contributed by atoms with Crippen molar-refractivity contribution in [3.8, 4) is 5.75 Å². The Morgan fingerprint density at radius 1 is 1.50 bits per heavy atom. The molecule has 18 heavy (non-hydrogen) atoms. The average molecular weight is 245 g/mol. The van der Waals surface area contributed by atoms with Gasteiger partial charge in [0.2, 0.25) is 0 Å². The monoisotopic (exact) mass is 245 g/mol. The van der Waals surface area contributed by atoms with Gasteiger partial charge in [0.1, 0.15) is 11.1 Å². The first-order chi connectivity index (χ1) is 8.78. The van der Waals surface area contributed by atoms with E-state index in [1.54, 1.807) is 24.1 Å². The van der Waals surface area contributed by atoms with Gasteiger partial charge in [0.05, 0.1) is 19.3 Å². The van der Waals surface area contributed by atoms with E-state index in [0.717, 1.165) is 5.69 Å². The second-order valence-corrected chi connectivity index (χ2v) is 3.77. The summed E-state index contributed by atoms with van der Waals surface area (Å²) < 4.78 is 12.1. The molecule has 0 aliphatic rings. The summed E-state index contributed by atoms with van der Waals surface area (Å²) in [4.78, 5) is 4.33. The lowest BCUT2D eigenvalue weighted by Gasteiger charge is -2.05. The second kappa shape index (κ2) is 4.02. The van der Waals surface area contributed by atoms with E-state index in [4.69, 9.17) is 15.0 Å². The summed E-state index contributed by atoms with van der Waals surface area (Å²) in [5.74, 6) is 0.876. The molecule has 0 atom stereocenters. The highest BCUT2D eigenvalue weighted by Gasteiger charge is 2.14. The lowest BCUT2D eigenvalue weighted by Crippen LogP contribution is -2.02. The molecule has 0 bridgehead atoms. The van der Waals surface area contributed by atoms with E-state index in [0.29, 0.717) is 23.4 Å². The van der Waals surface area contributed by atoms with Crippen molar-refractivity contribution < 1.29 is 9.26 Å². The van der Waals surface area contributed by atoms with Crippen LogP contribution in [-0.4, -0.2) is 27.0 Å². The molecule has 0 aliphatic heterocycles. The first-order valence-electron chi connectivity index (χ1n) is 5.34. The molecule has 7 heteroatoms. The van der Waals surface area contributed by atoms with Crippen molar-refractivity contribution in [1.29, 1.82) is 0 Å². The molecule has 0 spiro atoms. The van der Waals surface area contributed by atoms with Crippen molar-refractivity contribution in [3.63, 3.8) is 0 Å². The van der Waals surface area contributed by atoms with Gasteiger partial charge >= 0.3 is 0 Å². The van der Waals surface area contributed by atoms with Crippen LogP contribution in [-0.2, 0) is 6.54 Å². The molecular formula is C11H11N5O2. The van der Waals surface area contributed by atoms with Crippen molar-refractivity contribution >= 4 is 16.9 Å². The van der Waals surface area contributed by atoms with Crippen LogP contribution in [0.5, 0.6) is 5.75 Å². The molecule has 3 rings (SSSR count). The van der Waals surface area contributed by atoms with Gasteiger partial charge in [-0.05, 0) is 6.07 Å². The van der Waals surface area contributed by atoms with Crippen LogP contribution in [0.1, 0.15) is 5.69 Å². The van der Waals surface area contributed by atoms with Gasteiger partial charge in [-0.25, -0.2) is 4.98 Å². The molecule has 92 valence electrons. The molecule has 0 radical (unpaired) electrons. The van der Waals surface area contributed by atoms with Gasteiger partial charge in [-0.2, -0.15) is 5.10 Å². The predicted octanol–water partition coefficient (Wildman–Crippen LogP) is 1.06. The molecule has 3 aromatic heterocycles. The maximum atomic E-state index is 5.70. The number of hydrogen-bond donors (Lipinski definition) is 1. The van der Waals surface area contributed by atoms with Gasteiger partial charge < -0.3 is 15.0 Å². The highest BCUT2D eigenvalue weighted by Crippen LogP contribution is 2.29. The van der Waals surface area contributed by atoms with E-state index in [1.807, 2.05) is 12.3 Å². The minimum Gasteiger partial charge on any atom is -0.496 e. The first-order valence-corrected chi connectivity index (χ1v) is 5.34. The number of pyridine rings is 1. The molecule has 0 aromatic carbocycles. The van der Waals surface area contributed by atoms with Crippen molar-refractivity contribution in [1.82, 2.24) is 19.9 Å². The molecule has 0 amide bonds. The quantitative estimate of drug-likeness (QED) is 0.741. The number of hydrogen-bond acceptors (Lipinski definition) is 6. The molecule has 0 saturated heterocycles. The SMILES string of the molecule is COc1cc(Cn2cccn2)nc2onc(N)c12. The van der Waals surface area contributed by atoms with E-state index >= 15 is 0 Å².